The maximum atomic E-state index is 8.59. The van der Waals surface area contributed by atoms with Crippen LogP contribution in [0, 0.1) is 11.5 Å². The number of nitrogens with zero attached hydrogens (tertiary/aromatic N) is 3. The summed E-state index contributed by atoms with van der Waals surface area (Å²) in [7, 11) is 1.71. The molecule has 0 radical (unpaired) electrons. The Hall–Kier alpha value is -0.790. The van der Waals surface area contributed by atoms with Crippen molar-refractivity contribution in [2.45, 2.75) is 0 Å². The van der Waals surface area contributed by atoms with Crippen LogP contribution < -0.4 is 0 Å². The molecule has 1 rings (SSSR count). The predicted molar refractivity (Wildman–Crippen MR) is 45.5 cm³/mol. The number of hydrogen-bond donors (Lipinski definition) is 0. The monoisotopic (exact) mass is 169 g/mol. The van der Waals surface area contributed by atoms with Crippen molar-refractivity contribution in [1.82, 2.24) is 9.80 Å². The lowest BCUT2D eigenvalue weighted by molar-refractivity contribution is 0.117. The molecule has 1 fully saturated rings. The van der Waals surface area contributed by atoms with E-state index in [0.29, 0.717) is 0 Å². The van der Waals surface area contributed by atoms with Gasteiger partial charge in [-0.05, 0) is 0 Å². The van der Waals surface area contributed by atoms with Crippen molar-refractivity contribution in [2.75, 3.05) is 46.4 Å². The van der Waals surface area contributed by atoms with Crippen molar-refractivity contribution < 1.29 is 4.74 Å². The zero-order valence-corrected chi connectivity index (χ0v) is 7.49. The van der Waals surface area contributed by atoms with Crippen molar-refractivity contribution in [3.63, 3.8) is 0 Å². The van der Waals surface area contributed by atoms with Crippen molar-refractivity contribution in [3.8, 4) is 6.19 Å². The minimum absolute atomic E-state index is 0.784. The molecule has 0 unspecified atom stereocenters. The van der Waals surface area contributed by atoms with E-state index in [1.165, 1.54) is 0 Å². The first kappa shape index (κ1) is 9.30. The summed E-state index contributed by atoms with van der Waals surface area (Å²) in [6.45, 7) is 5.45. The molecule has 0 aliphatic carbocycles. The third-order valence-corrected chi connectivity index (χ3v) is 2.13. The number of piperazine rings is 1. The molecule has 0 amide bonds. The fourth-order valence-electron chi connectivity index (χ4n) is 1.29. The zero-order chi connectivity index (χ0) is 8.81. The van der Waals surface area contributed by atoms with Crippen molar-refractivity contribution in [1.29, 1.82) is 5.26 Å². The van der Waals surface area contributed by atoms with Crippen LogP contribution in [0.1, 0.15) is 0 Å². The molecule has 4 heteroatoms. The lowest BCUT2D eigenvalue weighted by Gasteiger charge is -2.31. The molecule has 1 aliphatic heterocycles. The summed E-state index contributed by atoms with van der Waals surface area (Å²) in [4.78, 5) is 4.11. The van der Waals surface area contributed by atoms with Gasteiger partial charge in [0.05, 0.1) is 6.61 Å². The first-order valence-corrected chi connectivity index (χ1v) is 4.23. The van der Waals surface area contributed by atoms with Gasteiger partial charge in [-0.25, -0.2) is 0 Å². The van der Waals surface area contributed by atoms with E-state index >= 15 is 0 Å². The standard InChI is InChI=1S/C8H15N3O/c1-12-7-6-10-2-4-11(8-9)5-3-10/h2-7H2,1H3. The van der Waals surface area contributed by atoms with Gasteiger partial charge in [-0.15, -0.1) is 0 Å². The van der Waals surface area contributed by atoms with Crippen LogP contribution in [0.3, 0.4) is 0 Å². The van der Waals surface area contributed by atoms with Crippen LogP contribution >= 0.6 is 0 Å². The van der Waals surface area contributed by atoms with Gasteiger partial charge in [-0.2, -0.15) is 5.26 Å². The van der Waals surface area contributed by atoms with Gasteiger partial charge in [0.2, 0.25) is 0 Å². The van der Waals surface area contributed by atoms with Gasteiger partial charge >= 0.3 is 0 Å². The van der Waals surface area contributed by atoms with Crippen LogP contribution in [-0.2, 0) is 4.74 Å². The minimum atomic E-state index is 0.784. The van der Waals surface area contributed by atoms with E-state index < -0.39 is 0 Å². The van der Waals surface area contributed by atoms with E-state index in [9.17, 15) is 0 Å². The smallest absolute Gasteiger partial charge is 0.179 e. The van der Waals surface area contributed by atoms with Gasteiger partial charge in [-0.3, -0.25) is 4.90 Å². The first-order valence-electron chi connectivity index (χ1n) is 4.23. The van der Waals surface area contributed by atoms with Gasteiger partial charge < -0.3 is 9.64 Å². The summed E-state index contributed by atoms with van der Waals surface area (Å²) < 4.78 is 4.98. The summed E-state index contributed by atoms with van der Waals surface area (Å²) in [6, 6.07) is 0. The van der Waals surface area contributed by atoms with Gasteiger partial charge in [0, 0.05) is 39.8 Å². The maximum Gasteiger partial charge on any atom is 0.179 e. The summed E-state index contributed by atoms with van der Waals surface area (Å²) in [5.41, 5.74) is 0. The maximum absolute atomic E-state index is 8.59. The number of ether oxygens (including phenoxy) is 1. The predicted octanol–water partition coefficient (Wildman–Crippen LogP) is -0.269. The normalized spacial score (nSPS) is 19.2. The summed E-state index contributed by atoms with van der Waals surface area (Å²) in [6.07, 6.45) is 2.16. The molecule has 0 bridgehead atoms. The Kier molecular flexibility index (Phi) is 3.85. The van der Waals surface area contributed by atoms with E-state index in [1.807, 2.05) is 0 Å². The molecule has 1 saturated heterocycles. The van der Waals surface area contributed by atoms with Crippen LogP contribution in [-0.4, -0.2) is 56.2 Å². The van der Waals surface area contributed by atoms with Crippen molar-refractivity contribution >= 4 is 0 Å². The summed E-state index contributed by atoms with van der Waals surface area (Å²) in [5.74, 6) is 0. The van der Waals surface area contributed by atoms with E-state index in [4.69, 9.17) is 10.00 Å². The van der Waals surface area contributed by atoms with Crippen molar-refractivity contribution in [3.05, 3.63) is 0 Å². The first-order chi connectivity index (χ1) is 5.86. The quantitative estimate of drug-likeness (QED) is 0.545. The molecule has 12 heavy (non-hydrogen) atoms. The minimum Gasteiger partial charge on any atom is -0.383 e. The second-order valence-electron chi connectivity index (χ2n) is 2.92. The van der Waals surface area contributed by atoms with Gasteiger partial charge in [-0.1, -0.05) is 0 Å². The Morgan fingerprint density at radius 2 is 2.00 bits per heavy atom. The van der Waals surface area contributed by atoms with Crippen molar-refractivity contribution in [2.24, 2.45) is 0 Å². The van der Waals surface area contributed by atoms with Gasteiger partial charge in [0.1, 0.15) is 0 Å². The Morgan fingerprint density at radius 3 is 2.50 bits per heavy atom. The Bertz CT molecular complexity index is 158. The van der Waals surface area contributed by atoms with E-state index in [0.717, 1.165) is 39.3 Å². The highest BCUT2D eigenvalue weighted by Crippen LogP contribution is 1.98. The third-order valence-electron chi connectivity index (χ3n) is 2.13. The SMILES string of the molecule is COCCN1CCN(C#N)CC1. The average Bonchev–Trinajstić information content (AvgIpc) is 2.15. The number of nitriles is 1. The second kappa shape index (κ2) is 4.96. The molecule has 0 aromatic rings. The fourth-order valence-corrected chi connectivity index (χ4v) is 1.29. The van der Waals surface area contributed by atoms with Gasteiger partial charge in [0.15, 0.2) is 6.19 Å². The Labute approximate surface area is 73.3 Å². The van der Waals surface area contributed by atoms with Crippen LogP contribution in [0.25, 0.3) is 0 Å². The molecule has 0 saturated carbocycles. The molecule has 0 atom stereocenters. The molecule has 0 N–H and O–H groups in total. The third kappa shape index (κ3) is 2.68. The fraction of sp³-hybridized carbons (Fsp3) is 0.875. The molecule has 0 aromatic heterocycles. The highest BCUT2D eigenvalue weighted by Gasteiger charge is 2.14. The van der Waals surface area contributed by atoms with Gasteiger partial charge in [0.25, 0.3) is 0 Å². The van der Waals surface area contributed by atoms with Crippen LogP contribution in [0.15, 0.2) is 0 Å². The van der Waals surface area contributed by atoms with E-state index in [2.05, 4.69) is 11.1 Å². The lowest BCUT2D eigenvalue weighted by Crippen LogP contribution is -2.45. The average molecular weight is 169 g/mol. The van der Waals surface area contributed by atoms with E-state index in [1.54, 1.807) is 12.0 Å². The van der Waals surface area contributed by atoms with Crippen LogP contribution in [0.5, 0.6) is 0 Å². The van der Waals surface area contributed by atoms with Crippen LogP contribution in [0.2, 0.25) is 0 Å². The molecule has 0 spiro atoms. The summed E-state index contributed by atoms with van der Waals surface area (Å²) in [5, 5.41) is 8.59. The number of hydrogen-bond acceptors (Lipinski definition) is 4. The molecule has 0 aromatic carbocycles. The molecular weight excluding hydrogens is 154 g/mol. The Balaban J connectivity index is 2.14. The van der Waals surface area contributed by atoms with Crippen LogP contribution in [0.4, 0.5) is 0 Å². The molecule has 68 valence electrons. The molecule has 4 nitrogen and oxygen atoms in total. The van der Waals surface area contributed by atoms with E-state index in [-0.39, 0.29) is 0 Å². The highest BCUT2D eigenvalue weighted by atomic mass is 16.5. The largest absolute Gasteiger partial charge is 0.383 e. The molecular formula is C8H15N3O. The number of rotatable bonds is 3. The highest BCUT2D eigenvalue weighted by molar-refractivity contribution is 4.80. The second-order valence-corrected chi connectivity index (χ2v) is 2.92. The summed E-state index contributed by atoms with van der Waals surface area (Å²) >= 11 is 0. The Morgan fingerprint density at radius 1 is 1.33 bits per heavy atom. The lowest BCUT2D eigenvalue weighted by atomic mass is 10.3. The molecule has 1 aliphatic rings. The number of methoxy groups -OCH3 is 1. The topological polar surface area (TPSA) is 39.5 Å². The molecule has 1 heterocycles. The zero-order valence-electron chi connectivity index (χ0n) is 7.49.